The standard InChI is InChI=1S/C26H27N3O5/c1-26(2,3)34-25(33)28-14-9-17-7-8-19(23(30)29-21-10-12-27-13-11-21)16-22(17)18-5-4-6-20(15-18)24(31)32/h4-8,10-13,15-16H,9,14H2,1-3H3,(H,28,33)(H,31,32)(H,27,29,30). The number of aromatic carboxylic acids is 1. The Morgan fingerprint density at radius 2 is 1.71 bits per heavy atom. The summed E-state index contributed by atoms with van der Waals surface area (Å²) in [7, 11) is 0. The van der Waals surface area contributed by atoms with Gasteiger partial charge in [-0.1, -0.05) is 18.2 Å². The van der Waals surface area contributed by atoms with Crippen LogP contribution in [0.25, 0.3) is 11.1 Å². The number of benzene rings is 2. The van der Waals surface area contributed by atoms with E-state index in [1.54, 1.807) is 81.7 Å². The average Bonchev–Trinajstić information content (AvgIpc) is 2.78. The summed E-state index contributed by atoms with van der Waals surface area (Å²) < 4.78 is 5.27. The minimum absolute atomic E-state index is 0.141. The Balaban J connectivity index is 1.87. The number of hydrogen-bond acceptors (Lipinski definition) is 5. The number of carboxylic acids is 1. The van der Waals surface area contributed by atoms with Gasteiger partial charge in [0.25, 0.3) is 5.91 Å². The van der Waals surface area contributed by atoms with Gasteiger partial charge in [0, 0.05) is 30.2 Å². The summed E-state index contributed by atoms with van der Waals surface area (Å²) in [5.41, 5.74) is 2.77. The normalized spacial score (nSPS) is 10.9. The van der Waals surface area contributed by atoms with E-state index < -0.39 is 17.7 Å². The molecule has 0 bridgehead atoms. The van der Waals surface area contributed by atoms with Gasteiger partial charge in [0.05, 0.1) is 5.56 Å². The van der Waals surface area contributed by atoms with Crippen molar-refractivity contribution in [3.05, 3.63) is 83.7 Å². The molecule has 0 aliphatic rings. The van der Waals surface area contributed by atoms with Gasteiger partial charge in [-0.15, -0.1) is 0 Å². The molecular formula is C26H27N3O5. The number of pyridine rings is 1. The Labute approximate surface area is 198 Å². The number of hydrogen-bond donors (Lipinski definition) is 3. The third kappa shape index (κ3) is 6.90. The van der Waals surface area contributed by atoms with Crippen LogP contribution in [-0.4, -0.2) is 40.2 Å². The van der Waals surface area contributed by atoms with E-state index in [0.717, 1.165) is 5.56 Å². The Bertz CT molecular complexity index is 1190. The summed E-state index contributed by atoms with van der Waals surface area (Å²) in [4.78, 5) is 40.2. The molecule has 0 saturated heterocycles. The minimum atomic E-state index is -1.04. The first-order valence-electron chi connectivity index (χ1n) is 10.8. The van der Waals surface area contributed by atoms with E-state index in [4.69, 9.17) is 4.74 Å². The Morgan fingerprint density at radius 3 is 2.38 bits per heavy atom. The molecule has 0 radical (unpaired) electrons. The van der Waals surface area contributed by atoms with Crippen molar-refractivity contribution in [1.29, 1.82) is 0 Å². The number of alkyl carbamates (subject to hydrolysis) is 1. The van der Waals surface area contributed by atoms with Gasteiger partial charge < -0.3 is 20.5 Å². The number of nitrogens with one attached hydrogen (secondary N) is 2. The molecule has 2 amide bonds. The third-order valence-electron chi connectivity index (χ3n) is 4.79. The number of rotatable bonds is 7. The van der Waals surface area contributed by atoms with Gasteiger partial charge in [0.1, 0.15) is 5.60 Å². The summed E-state index contributed by atoms with van der Waals surface area (Å²) in [5, 5.41) is 14.9. The first-order valence-corrected chi connectivity index (χ1v) is 10.8. The second kappa shape index (κ2) is 10.6. The first kappa shape index (κ1) is 24.4. The molecule has 176 valence electrons. The highest BCUT2D eigenvalue weighted by Gasteiger charge is 2.17. The number of carbonyl (C=O) groups excluding carboxylic acids is 2. The van der Waals surface area contributed by atoms with Crippen LogP contribution in [0.1, 0.15) is 47.1 Å². The van der Waals surface area contributed by atoms with E-state index in [1.807, 2.05) is 0 Å². The van der Waals surface area contributed by atoms with Crippen molar-refractivity contribution < 1.29 is 24.2 Å². The minimum Gasteiger partial charge on any atom is -0.478 e. The SMILES string of the molecule is CC(C)(C)OC(=O)NCCc1ccc(C(=O)Nc2ccncc2)cc1-c1cccc(C(=O)O)c1. The average molecular weight is 462 g/mol. The lowest BCUT2D eigenvalue weighted by atomic mass is 9.94. The maximum Gasteiger partial charge on any atom is 0.407 e. The zero-order chi connectivity index (χ0) is 24.7. The summed E-state index contributed by atoms with van der Waals surface area (Å²) in [5.74, 6) is -1.35. The van der Waals surface area contributed by atoms with Crippen LogP contribution >= 0.6 is 0 Å². The molecule has 1 heterocycles. The quantitative estimate of drug-likeness (QED) is 0.467. The number of anilines is 1. The van der Waals surface area contributed by atoms with Gasteiger partial charge in [0.15, 0.2) is 0 Å². The van der Waals surface area contributed by atoms with Crippen LogP contribution in [0.5, 0.6) is 0 Å². The number of amides is 2. The fraction of sp³-hybridized carbons (Fsp3) is 0.231. The topological polar surface area (TPSA) is 118 Å². The molecule has 3 N–H and O–H groups in total. The van der Waals surface area contributed by atoms with Crippen molar-refractivity contribution in [2.24, 2.45) is 0 Å². The summed E-state index contributed by atoms with van der Waals surface area (Å²) in [6, 6.07) is 15.1. The van der Waals surface area contributed by atoms with Gasteiger partial charge in [0.2, 0.25) is 0 Å². The van der Waals surface area contributed by atoms with E-state index >= 15 is 0 Å². The molecule has 3 rings (SSSR count). The molecular weight excluding hydrogens is 434 g/mol. The van der Waals surface area contributed by atoms with Crippen LogP contribution in [0, 0.1) is 0 Å². The smallest absolute Gasteiger partial charge is 0.407 e. The van der Waals surface area contributed by atoms with Gasteiger partial charge >= 0.3 is 12.1 Å². The van der Waals surface area contributed by atoms with Gasteiger partial charge in [-0.05, 0) is 80.3 Å². The lowest BCUT2D eigenvalue weighted by Crippen LogP contribution is -2.33. The Hall–Kier alpha value is -4.20. The monoisotopic (exact) mass is 461 g/mol. The van der Waals surface area contributed by atoms with Crippen molar-refractivity contribution in [3.8, 4) is 11.1 Å². The molecule has 0 aliphatic heterocycles. The van der Waals surface area contributed by atoms with Crippen molar-refractivity contribution in [2.75, 3.05) is 11.9 Å². The number of ether oxygens (including phenoxy) is 1. The predicted octanol–water partition coefficient (Wildman–Crippen LogP) is 4.77. The van der Waals surface area contributed by atoms with Crippen LogP contribution < -0.4 is 10.6 Å². The number of carboxylic acid groups (broad SMARTS) is 1. The second-order valence-corrected chi connectivity index (χ2v) is 8.63. The van der Waals surface area contributed by atoms with Crippen LogP contribution in [0.2, 0.25) is 0 Å². The second-order valence-electron chi connectivity index (χ2n) is 8.63. The van der Waals surface area contributed by atoms with E-state index in [2.05, 4.69) is 15.6 Å². The highest BCUT2D eigenvalue weighted by atomic mass is 16.6. The zero-order valence-electron chi connectivity index (χ0n) is 19.3. The molecule has 0 atom stereocenters. The third-order valence-corrected chi connectivity index (χ3v) is 4.79. The highest BCUT2D eigenvalue weighted by molar-refractivity contribution is 6.05. The molecule has 1 aromatic heterocycles. The summed E-state index contributed by atoms with van der Waals surface area (Å²) >= 11 is 0. The largest absolute Gasteiger partial charge is 0.478 e. The molecule has 0 saturated carbocycles. The highest BCUT2D eigenvalue weighted by Crippen LogP contribution is 2.27. The van der Waals surface area contributed by atoms with Crippen LogP contribution in [0.4, 0.5) is 10.5 Å². The molecule has 2 aromatic carbocycles. The van der Waals surface area contributed by atoms with E-state index in [9.17, 15) is 19.5 Å². The van der Waals surface area contributed by atoms with Gasteiger partial charge in [-0.3, -0.25) is 9.78 Å². The Morgan fingerprint density at radius 1 is 0.971 bits per heavy atom. The van der Waals surface area contributed by atoms with Crippen LogP contribution in [-0.2, 0) is 11.2 Å². The molecule has 0 spiro atoms. The fourth-order valence-corrected chi connectivity index (χ4v) is 3.28. The van der Waals surface area contributed by atoms with Crippen molar-refractivity contribution >= 4 is 23.7 Å². The Kier molecular flexibility index (Phi) is 7.63. The molecule has 0 fully saturated rings. The van der Waals surface area contributed by atoms with Crippen molar-refractivity contribution in [1.82, 2.24) is 10.3 Å². The zero-order valence-corrected chi connectivity index (χ0v) is 19.3. The van der Waals surface area contributed by atoms with Crippen LogP contribution in [0.15, 0.2) is 67.0 Å². The maximum atomic E-state index is 12.8. The maximum absolute atomic E-state index is 12.8. The lowest BCUT2D eigenvalue weighted by Gasteiger charge is -2.20. The summed E-state index contributed by atoms with van der Waals surface area (Å²) in [6.45, 7) is 5.67. The molecule has 0 aliphatic carbocycles. The number of nitrogens with zero attached hydrogens (tertiary/aromatic N) is 1. The summed E-state index contributed by atoms with van der Waals surface area (Å²) in [6.07, 6.45) is 3.10. The van der Waals surface area contributed by atoms with Gasteiger partial charge in [-0.25, -0.2) is 9.59 Å². The fourth-order valence-electron chi connectivity index (χ4n) is 3.28. The molecule has 34 heavy (non-hydrogen) atoms. The van der Waals surface area contributed by atoms with Gasteiger partial charge in [-0.2, -0.15) is 0 Å². The van der Waals surface area contributed by atoms with E-state index in [-0.39, 0.29) is 11.5 Å². The lowest BCUT2D eigenvalue weighted by molar-refractivity contribution is 0.0527. The predicted molar refractivity (Wildman–Crippen MR) is 129 cm³/mol. The van der Waals surface area contributed by atoms with E-state index in [1.165, 1.54) is 6.07 Å². The van der Waals surface area contributed by atoms with Crippen molar-refractivity contribution in [3.63, 3.8) is 0 Å². The van der Waals surface area contributed by atoms with Crippen molar-refractivity contribution in [2.45, 2.75) is 32.8 Å². The molecule has 0 unspecified atom stereocenters. The molecule has 3 aromatic rings. The number of carbonyl (C=O) groups is 3. The molecule has 8 nitrogen and oxygen atoms in total. The van der Waals surface area contributed by atoms with E-state index in [0.29, 0.717) is 35.3 Å². The first-order chi connectivity index (χ1) is 16.1. The number of aromatic nitrogens is 1. The molecule has 8 heteroatoms. The van der Waals surface area contributed by atoms with Crippen LogP contribution in [0.3, 0.4) is 0 Å².